The van der Waals surface area contributed by atoms with E-state index in [9.17, 15) is 9.59 Å². The predicted molar refractivity (Wildman–Crippen MR) is 64.3 cm³/mol. The van der Waals surface area contributed by atoms with Crippen molar-refractivity contribution < 1.29 is 14.3 Å². The van der Waals surface area contributed by atoms with E-state index in [4.69, 9.17) is 10.5 Å². The molecule has 17 heavy (non-hydrogen) atoms. The molecular weight excluding hydrogens is 220 g/mol. The van der Waals surface area contributed by atoms with E-state index in [0.717, 1.165) is 12.8 Å². The summed E-state index contributed by atoms with van der Waals surface area (Å²) in [7, 11) is 0. The Bertz CT molecular complexity index is 297. The van der Waals surface area contributed by atoms with Gasteiger partial charge in [0.1, 0.15) is 6.04 Å². The molecule has 0 spiro atoms. The molecule has 0 radical (unpaired) electrons. The molecule has 1 heterocycles. The number of piperidine rings is 1. The van der Waals surface area contributed by atoms with Gasteiger partial charge in [0.15, 0.2) is 0 Å². The van der Waals surface area contributed by atoms with Crippen molar-refractivity contribution in [1.82, 2.24) is 4.90 Å². The zero-order valence-corrected chi connectivity index (χ0v) is 10.9. The van der Waals surface area contributed by atoms with Crippen LogP contribution >= 0.6 is 0 Å². The van der Waals surface area contributed by atoms with E-state index in [1.54, 1.807) is 25.7 Å². The van der Waals surface area contributed by atoms with Gasteiger partial charge in [-0.15, -0.1) is 0 Å². The largest absolute Gasteiger partial charge is 0.464 e. The molecule has 5 heteroatoms. The van der Waals surface area contributed by atoms with Gasteiger partial charge in [0.25, 0.3) is 0 Å². The third-order valence-corrected chi connectivity index (χ3v) is 2.87. The molecule has 1 aliphatic rings. The third-order valence-electron chi connectivity index (χ3n) is 2.87. The van der Waals surface area contributed by atoms with Gasteiger partial charge in [-0.3, -0.25) is 4.79 Å². The number of amides is 1. The van der Waals surface area contributed by atoms with Crippen molar-refractivity contribution in [2.24, 2.45) is 5.73 Å². The Morgan fingerprint density at radius 3 is 2.59 bits per heavy atom. The summed E-state index contributed by atoms with van der Waals surface area (Å²) in [6.45, 7) is 6.00. The van der Waals surface area contributed by atoms with E-state index in [2.05, 4.69) is 0 Å². The van der Waals surface area contributed by atoms with Crippen LogP contribution < -0.4 is 5.73 Å². The molecule has 1 atom stereocenters. The van der Waals surface area contributed by atoms with Crippen molar-refractivity contribution in [2.75, 3.05) is 13.2 Å². The maximum Gasteiger partial charge on any atom is 0.328 e. The lowest BCUT2D eigenvalue weighted by Gasteiger charge is -2.37. The fourth-order valence-electron chi connectivity index (χ4n) is 2.03. The van der Waals surface area contributed by atoms with Crippen LogP contribution in [0, 0.1) is 0 Å². The van der Waals surface area contributed by atoms with Gasteiger partial charge in [-0.25, -0.2) is 4.79 Å². The van der Waals surface area contributed by atoms with Gasteiger partial charge in [-0.2, -0.15) is 0 Å². The van der Waals surface area contributed by atoms with E-state index in [1.807, 2.05) is 0 Å². The maximum atomic E-state index is 12.1. The average Bonchev–Trinajstić information content (AvgIpc) is 2.27. The van der Waals surface area contributed by atoms with E-state index in [1.165, 1.54) is 0 Å². The van der Waals surface area contributed by atoms with Crippen LogP contribution in [-0.4, -0.2) is 41.5 Å². The number of rotatable bonds is 3. The topological polar surface area (TPSA) is 72.6 Å². The Morgan fingerprint density at radius 1 is 1.41 bits per heavy atom. The zero-order valence-electron chi connectivity index (χ0n) is 10.9. The first-order valence-corrected chi connectivity index (χ1v) is 6.14. The van der Waals surface area contributed by atoms with Crippen LogP contribution in [0.2, 0.25) is 0 Å². The Balaban J connectivity index is 2.79. The van der Waals surface area contributed by atoms with Crippen LogP contribution in [0.25, 0.3) is 0 Å². The minimum absolute atomic E-state index is 0.185. The highest BCUT2D eigenvalue weighted by Crippen LogP contribution is 2.21. The summed E-state index contributed by atoms with van der Waals surface area (Å²) in [5, 5.41) is 0. The first-order valence-electron chi connectivity index (χ1n) is 6.14. The Hall–Kier alpha value is -1.10. The fourth-order valence-corrected chi connectivity index (χ4v) is 2.03. The maximum absolute atomic E-state index is 12.1. The van der Waals surface area contributed by atoms with Crippen molar-refractivity contribution >= 4 is 11.9 Å². The molecule has 1 rings (SSSR count). The third kappa shape index (κ3) is 3.43. The summed E-state index contributed by atoms with van der Waals surface area (Å²) < 4.78 is 5.00. The number of carbonyl (C=O) groups excluding carboxylic acids is 2. The fraction of sp³-hybridized carbons (Fsp3) is 0.833. The van der Waals surface area contributed by atoms with Gasteiger partial charge >= 0.3 is 5.97 Å². The van der Waals surface area contributed by atoms with Crippen LogP contribution in [-0.2, 0) is 14.3 Å². The van der Waals surface area contributed by atoms with Gasteiger partial charge < -0.3 is 15.4 Å². The summed E-state index contributed by atoms with van der Waals surface area (Å²) in [5.74, 6) is -0.500. The average molecular weight is 242 g/mol. The number of ether oxygens (including phenoxy) is 1. The van der Waals surface area contributed by atoms with Crippen molar-refractivity contribution in [3.05, 3.63) is 0 Å². The standard InChI is InChI=1S/C12H22N2O3/c1-4-17-10(15)9-7-5-6-8-14(9)11(16)12(2,3)13/h9H,4-8,13H2,1-3H3. The van der Waals surface area contributed by atoms with Gasteiger partial charge in [-0.05, 0) is 40.0 Å². The summed E-state index contributed by atoms with van der Waals surface area (Å²) >= 11 is 0. The number of esters is 1. The van der Waals surface area contributed by atoms with Crippen LogP contribution in [0.3, 0.4) is 0 Å². The Kier molecular flexibility index (Phi) is 4.51. The number of hydrogen-bond acceptors (Lipinski definition) is 4. The molecule has 0 aromatic rings. The molecule has 0 bridgehead atoms. The van der Waals surface area contributed by atoms with Crippen LogP contribution in [0.4, 0.5) is 0 Å². The number of nitrogens with zero attached hydrogens (tertiary/aromatic N) is 1. The van der Waals surface area contributed by atoms with Crippen LogP contribution in [0.5, 0.6) is 0 Å². The summed E-state index contributed by atoms with van der Waals surface area (Å²) in [5.41, 5.74) is 4.86. The van der Waals surface area contributed by atoms with E-state index >= 15 is 0 Å². The first kappa shape index (κ1) is 14.0. The zero-order chi connectivity index (χ0) is 13.1. The van der Waals surface area contributed by atoms with E-state index in [0.29, 0.717) is 19.6 Å². The highest BCUT2D eigenvalue weighted by Gasteiger charge is 2.37. The molecule has 98 valence electrons. The Morgan fingerprint density at radius 2 is 2.06 bits per heavy atom. The van der Waals surface area contributed by atoms with Crippen molar-refractivity contribution in [3.63, 3.8) is 0 Å². The second kappa shape index (κ2) is 5.49. The van der Waals surface area contributed by atoms with Gasteiger partial charge in [-0.1, -0.05) is 0 Å². The molecule has 1 aliphatic heterocycles. The molecule has 1 unspecified atom stereocenters. The first-order chi connectivity index (χ1) is 7.88. The van der Waals surface area contributed by atoms with Crippen molar-refractivity contribution in [2.45, 2.75) is 51.6 Å². The monoisotopic (exact) mass is 242 g/mol. The number of likely N-dealkylation sites (tertiary alicyclic amines) is 1. The van der Waals surface area contributed by atoms with Crippen molar-refractivity contribution in [1.29, 1.82) is 0 Å². The lowest BCUT2D eigenvalue weighted by molar-refractivity contribution is -0.158. The molecule has 1 fully saturated rings. The number of nitrogens with two attached hydrogens (primary N) is 1. The number of hydrogen-bond donors (Lipinski definition) is 1. The summed E-state index contributed by atoms with van der Waals surface area (Å²) in [4.78, 5) is 25.5. The molecule has 0 aliphatic carbocycles. The Labute approximate surface area is 102 Å². The van der Waals surface area contributed by atoms with E-state index in [-0.39, 0.29) is 11.9 Å². The normalized spacial score (nSPS) is 21.2. The smallest absolute Gasteiger partial charge is 0.328 e. The molecule has 5 nitrogen and oxygen atoms in total. The second-order valence-corrected chi connectivity index (χ2v) is 4.98. The quantitative estimate of drug-likeness (QED) is 0.738. The SMILES string of the molecule is CCOC(=O)C1CCCCN1C(=O)C(C)(C)N. The van der Waals surface area contributed by atoms with Gasteiger partial charge in [0, 0.05) is 6.54 Å². The number of carbonyl (C=O) groups is 2. The molecule has 2 N–H and O–H groups in total. The van der Waals surface area contributed by atoms with Gasteiger partial charge in [0.05, 0.1) is 12.1 Å². The summed E-state index contributed by atoms with van der Waals surface area (Å²) in [6.07, 6.45) is 2.52. The molecule has 1 saturated heterocycles. The van der Waals surface area contributed by atoms with E-state index < -0.39 is 11.6 Å². The summed E-state index contributed by atoms with van der Waals surface area (Å²) in [6, 6.07) is -0.459. The molecule has 1 amide bonds. The minimum atomic E-state index is -0.942. The van der Waals surface area contributed by atoms with Crippen LogP contribution in [0.15, 0.2) is 0 Å². The highest BCUT2D eigenvalue weighted by atomic mass is 16.5. The molecule has 0 aromatic heterocycles. The lowest BCUT2D eigenvalue weighted by atomic mass is 9.97. The minimum Gasteiger partial charge on any atom is -0.464 e. The molecule has 0 aromatic carbocycles. The van der Waals surface area contributed by atoms with Crippen LogP contribution in [0.1, 0.15) is 40.0 Å². The second-order valence-electron chi connectivity index (χ2n) is 4.98. The van der Waals surface area contributed by atoms with Crippen molar-refractivity contribution in [3.8, 4) is 0 Å². The lowest BCUT2D eigenvalue weighted by Crippen LogP contribution is -2.57. The molecular formula is C12H22N2O3. The highest BCUT2D eigenvalue weighted by molar-refractivity contribution is 5.90. The van der Waals surface area contributed by atoms with Gasteiger partial charge in [0.2, 0.25) is 5.91 Å². The molecule has 0 saturated carbocycles. The predicted octanol–water partition coefficient (Wildman–Crippen LogP) is 0.668.